The van der Waals surface area contributed by atoms with Crippen LogP contribution in [0.3, 0.4) is 0 Å². The number of phenols is 1. The average Bonchev–Trinajstić information content (AvgIpc) is 3.16. The third-order valence-corrected chi connectivity index (χ3v) is 5.42. The summed E-state index contributed by atoms with van der Waals surface area (Å²) in [7, 11) is 0. The molecule has 10 heteroatoms. The molecule has 2 amide bonds. The van der Waals surface area contributed by atoms with Crippen molar-refractivity contribution in [3.05, 3.63) is 48.4 Å². The molecule has 31 heavy (non-hydrogen) atoms. The summed E-state index contributed by atoms with van der Waals surface area (Å²) in [5.74, 6) is -0.345. The number of aromatic nitrogens is 4. The Morgan fingerprint density at radius 3 is 2.90 bits per heavy atom. The van der Waals surface area contributed by atoms with Gasteiger partial charge >= 0.3 is 0 Å². The first-order chi connectivity index (χ1) is 14.9. The lowest BCUT2D eigenvalue weighted by Crippen LogP contribution is -2.40. The van der Waals surface area contributed by atoms with E-state index in [2.05, 4.69) is 27.0 Å². The molecule has 1 atom stereocenters. The number of nitrogens with zero attached hydrogens (tertiary/aromatic N) is 5. The third kappa shape index (κ3) is 3.79. The molecule has 0 spiro atoms. The number of aromatic hydroxyl groups is 1. The van der Waals surface area contributed by atoms with Gasteiger partial charge in [0.05, 0.1) is 11.4 Å². The minimum atomic E-state index is -0.464. The molecule has 1 aliphatic heterocycles. The number of phenolic OH excluding ortho intramolecular Hbond substituents is 1. The van der Waals surface area contributed by atoms with E-state index in [1.807, 2.05) is 0 Å². The van der Waals surface area contributed by atoms with E-state index in [9.17, 15) is 14.7 Å². The maximum atomic E-state index is 13.1. The lowest BCUT2D eigenvalue weighted by molar-refractivity contribution is -0.127. The van der Waals surface area contributed by atoms with Crippen molar-refractivity contribution in [3.8, 4) is 5.75 Å². The van der Waals surface area contributed by atoms with Crippen LogP contribution in [0.15, 0.2) is 37.2 Å². The zero-order valence-electron chi connectivity index (χ0n) is 17.1. The molecule has 0 bridgehead atoms. The Labute approximate surface area is 178 Å². The van der Waals surface area contributed by atoms with Gasteiger partial charge < -0.3 is 21.1 Å². The molecular weight excluding hydrogens is 398 g/mol. The summed E-state index contributed by atoms with van der Waals surface area (Å²) in [6.45, 7) is 6.41. The molecule has 0 aliphatic carbocycles. The van der Waals surface area contributed by atoms with Gasteiger partial charge in [-0.1, -0.05) is 6.58 Å². The molecule has 4 N–H and O–H groups in total. The van der Waals surface area contributed by atoms with Crippen LogP contribution >= 0.6 is 0 Å². The van der Waals surface area contributed by atoms with E-state index in [4.69, 9.17) is 5.73 Å². The molecule has 1 aromatic carbocycles. The van der Waals surface area contributed by atoms with Gasteiger partial charge in [0.25, 0.3) is 5.91 Å². The van der Waals surface area contributed by atoms with Crippen molar-refractivity contribution < 1.29 is 14.7 Å². The van der Waals surface area contributed by atoms with E-state index >= 15 is 0 Å². The Hall–Kier alpha value is -3.95. The predicted molar refractivity (Wildman–Crippen MR) is 116 cm³/mol. The maximum absolute atomic E-state index is 13.1. The van der Waals surface area contributed by atoms with E-state index in [-0.39, 0.29) is 29.2 Å². The Morgan fingerprint density at radius 2 is 2.16 bits per heavy atom. The Balaban J connectivity index is 1.72. The van der Waals surface area contributed by atoms with Crippen LogP contribution in [0.5, 0.6) is 5.75 Å². The van der Waals surface area contributed by atoms with Crippen molar-refractivity contribution in [2.45, 2.75) is 25.8 Å². The van der Waals surface area contributed by atoms with Gasteiger partial charge in [-0.25, -0.2) is 14.6 Å². The van der Waals surface area contributed by atoms with Crippen molar-refractivity contribution in [3.63, 3.8) is 0 Å². The van der Waals surface area contributed by atoms with Crippen LogP contribution in [0, 0.1) is 6.92 Å². The van der Waals surface area contributed by atoms with Gasteiger partial charge in [0.15, 0.2) is 11.3 Å². The number of amides is 2. The molecular formula is C21H23N7O3. The number of carbonyl (C=O) groups excluding carboxylic acids is 2. The minimum absolute atomic E-state index is 0.104. The quantitative estimate of drug-likeness (QED) is 0.432. The largest absolute Gasteiger partial charge is 0.508 e. The van der Waals surface area contributed by atoms with Crippen LogP contribution in [0.2, 0.25) is 0 Å². The van der Waals surface area contributed by atoms with Crippen LogP contribution in [-0.4, -0.2) is 54.7 Å². The number of aryl methyl sites for hydroxylation is 1. The second-order valence-electron chi connectivity index (χ2n) is 7.49. The Bertz CT molecular complexity index is 1190. The summed E-state index contributed by atoms with van der Waals surface area (Å²) >= 11 is 0. The van der Waals surface area contributed by atoms with Gasteiger partial charge in [0, 0.05) is 18.8 Å². The first-order valence-corrected chi connectivity index (χ1v) is 9.90. The second-order valence-corrected chi connectivity index (χ2v) is 7.49. The number of carbonyl (C=O) groups is 2. The fourth-order valence-corrected chi connectivity index (χ4v) is 3.86. The molecule has 160 valence electrons. The number of hydrogen-bond donors (Lipinski definition) is 3. The number of fused-ring (bicyclic) bond motifs is 1. The predicted octanol–water partition coefficient (Wildman–Crippen LogP) is 2.02. The Kier molecular flexibility index (Phi) is 5.28. The normalized spacial score (nSPS) is 16.3. The standard InChI is InChI=1S/C21H23N7O3/c1-3-16(30)27-8-4-5-13(10-27)28-20-17(19(22)23-11-24-20)18(26-28)21(31)25-15-7-6-14(29)9-12(15)2/h3,6-7,9,11,13,29H,1,4-5,8,10H2,2H3,(H,25,31)(H2,22,23,24)/t13-/m1/s1. The zero-order valence-corrected chi connectivity index (χ0v) is 17.1. The van der Waals surface area contributed by atoms with Gasteiger partial charge in [0.1, 0.15) is 17.9 Å². The van der Waals surface area contributed by atoms with Crippen molar-refractivity contribution in [2.24, 2.45) is 0 Å². The van der Waals surface area contributed by atoms with Crippen LogP contribution < -0.4 is 11.1 Å². The van der Waals surface area contributed by atoms with Gasteiger partial charge in [-0.2, -0.15) is 5.10 Å². The number of nitrogens with one attached hydrogen (secondary N) is 1. The number of piperidine rings is 1. The van der Waals surface area contributed by atoms with E-state index in [0.717, 1.165) is 12.8 Å². The monoisotopic (exact) mass is 421 g/mol. The van der Waals surface area contributed by atoms with E-state index < -0.39 is 5.91 Å². The van der Waals surface area contributed by atoms with E-state index in [0.29, 0.717) is 35.4 Å². The van der Waals surface area contributed by atoms with Crippen LogP contribution in [0.25, 0.3) is 11.0 Å². The number of anilines is 2. The number of hydrogen-bond acceptors (Lipinski definition) is 7. The van der Waals surface area contributed by atoms with Gasteiger partial charge in [-0.05, 0) is 49.6 Å². The van der Waals surface area contributed by atoms with Crippen LogP contribution in [0.1, 0.15) is 34.9 Å². The average molecular weight is 421 g/mol. The lowest BCUT2D eigenvalue weighted by atomic mass is 10.1. The highest BCUT2D eigenvalue weighted by molar-refractivity contribution is 6.13. The second kappa shape index (κ2) is 8.05. The molecule has 1 fully saturated rings. The smallest absolute Gasteiger partial charge is 0.277 e. The highest BCUT2D eigenvalue weighted by Crippen LogP contribution is 2.29. The third-order valence-electron chi connectivity index (χ3n) is 5.42. The molecule has 0 unspecified atom stereocenters. The number of benzene rings is 1. The van der Waals surface area contributed by atoms with Crippen molar-refractivity contribution in [1.29, 1.82) is 0 Å². The van der Waals surface area contributed by atoms with Crippen molar-refractivity contribution in [2.75, 3.05) is 24.1 Å². The van der Waals surface area contributed by atoms with Crippen LogP contribution in [-0.2, 0) is 4.79 Å². The highest BCUT2D eigenvalue weighted by atomic mass is 16.3. The van der Waals surface area contributed by atoms with Gasteiger partial charge in [0.2, 0.25) is 5.91 Å². The maximum Gasteiger partial charge on any atom is 0.277 e. The molecule has 4 rings (SSSR count). The summed E-state index contributed by atoms with van der Waals surface area (Å²) < 4.78 is 1.66. The van der Waals surface area contributed by atoms with E-state index in [1.54, 1.807) is 28.6 Å². The Morgan fingerprint density at radius 1 is 1.35 bits per heavy atom. The number of nitrogen functional groups attached to an aromatic ring is 1. The molecule has 3 heterocycles. The molecule has 3 aromatic rings. The van der Waals surface area contributed by atoms with E-state index in [1.165, 1.54) is 18.5 Å². The molecule has 0 radical (unpaired) electrons. The molecule has 2 aromatic heterocycles. The highest BCUT2D eigenvalue weighted by Gasteiger charge is 2.29. The van der Waals surface area contributed by atoms with Gasteiger partial charge in [-0.3, -0.25) is 9.59 Å². The summed E-state index contributed by atoms with van der Waals surface area (Å²) in [5.41, 5.74) is 7.87. The molecule has 1 aliphatic rings. The zero-order chi connectivity index (χ0) is 22.1. The molecule has 1 saturated heterocycles. The number of rotatable bonds is 4. The summed E-state index contributed by atoms with van der Waals surface area (Å²) in [6, 6.07) is 4.49. The minimum Gasteiger partial charge on any atom is -0.508 e. The topological polar surface area (TPSA) is 139 Å². The fourth-order valence-electron chi connectivity index (χ4n) is 3.86. The first-order valence-electron chi connectivity index (χ1n) is 9.90. The summed E-state index contributed by atoms with van der Waals surface area (Å²) in [5, 5.41) is 17.3. The first kappa shape index (κ1) is 20.3. The number of likely N-dealkylation sites (tertiary alicyclic amines) is 1. The number of nitrogens with two attached hydrogens (primary N) is 1. The molecule has 10 nitrogen and oxygen atoms in total. The van der Waals surface area contributed by atoms with Crippen molar-refractivity contribution in [1.82, 2.24) is 24.6 Å². The van der Waals surface area contributed by atoms with Crippen LogP contribution in [0.4, 0.5) is 11.5 Å². The van der Waals surface area contributed by atoms with Gasteiger partial charge in [-0.15, -0.1) is 0 Å². The SMILES string of the molecule is C=CC(=O)N1CCC[C@@H](n2nc(C(=O)Nc3ccc(O)cc3C)c3c(N)ncnc32)C1. The fraction of sp³-hybridized carbons (Fsp3) is 0.286. The molecule has 0 saturated carbocycles. The lowest BCUT2D eigenvalue weighted by Gasteiger charge is -2.32. The summed E-state index contributed by atoms with van der Waals surface area (Å²) in [4.78, 5) is 35.2. The summed E-state index contributed by atoms with van der Waals surface area (Å²) in [6.07, 6.45) is 4.19. The van der Waals surface area contributed by atoms with Crippen molar-refractivity contribution >= 4 is 34.4 Å².